The number of carbonyl (C=O) groups is 2. The van der Waals surface area contributed by atoms with E-state index in [-0.39, 0.29) is 18.4 Å². The summed E-state index contributed by atoms with van der Waals surface area (Å²) in [5.41, 5.74) is 0.948. The van der Waals surface area contributed by atoms with E-state index < -0.39 is 5.97 Å². The second-order valence-corrected chi connectivity index (χ2v) is 5.72. The highest BCUT2D eigenvalue weighted by molar-refractivity contribution is 5.77. The van der Waals surface area contributed by atoms with Crippen LogP contribution in [0.25, 0.3) is 0 Å². The SMILES string of the molecule is O=C(O)CCC(NC(=O)CC1CCOCC1)c1ccccc1. The number of nitrogens with one attached hydrogen (secondary N) is 1. The Morgan fingerprint density at radius 1 is 1.23 bits per heavy atom. The molecule has 5 heteroatoms. The number of carboxylic acids is 1. The van der Waals surface area contributed by atoms with Gasteiger partial charge in [0.15, 0.2) is 0 Å². The Bertz CT molecular complexity index is 483. The van der Waals surface area contributed by atoms with Crippen LogP contribution < -0.4 is 5.32 Å². The summed E-state index contributed by atoms with van der Waals surface area (Å²) in [5, 5.41) is 11.9. The first kappa shape index (κ1) is 16.5. The lowest BCUT2D eigenvalue weighted by Crippen LogP contribution is -2.31. The normalized spacial score (nSPS) is 16.9. The van der Waals surface area contributed by atoms with Crippen molar-refractivity contribution in [3.05, 3.63) is 35.9 Å². The number of rotatable bonds is 7. The molecule has 1 aromatic rings. The molecule has 2 rings (SSSR count). The Morgan fingerprint density at radius 2 is 1.91 bits per heavy atom. The minimum absolute atomic E-state index is 0.00820. The van der Waals surface area contributed by atoms with E-state index in [0.717, 1.165) is 31.6 Å². The Hall–Kier alpha value is -1.88. The van der Waals surface area contributed by atoms with Crippen molar-refractivity contribution in [2.24, 2.45) is 5.92 Å². The molecule has 1 atom stereocenters. The van der Waals surface area contributed by atoms with Crippen molar-refractivity contribution in [2.45, 2.75) is 38.1 Å². The van der Waals surface area contributed by atoms with Crippen LogP contribution in [-0.4, -0.2) is 30.2 Å². The molecule has 1 fully saturated rings. The van der Waals surface area contributed by atoms with Gasteiger partial charge in [-0.1, -0.05) is 30.3 Å². The molecule has 0 aliphatic carbocycles. The number of amides is 1. The summed E-state index contributed by atoms with van der Waals surface area (Å²) in [6.07, 6.45) is 2.76. The lowest BCUT2D eigenvalue weighted by atomic mass is 9.95. The molecule has 5 nitrogen and oxygen atoms in total. The average molecular weight is 305 g/mol. The molecule has 1 aliphatic heterocycles. The smallest absolute Gasteiger partial charge is 0.303 e. The highest BCUT2D eigenvalue weighted by Crippen LogP contribution is 2.21. The number of hydrogen-bond acceptors (Lipinski definition) is 3. The zero-order chi connectivity index (χ0) is 15.8. The number of carboxylic acid groups (broad SMARTS) is 1. The summed E-state index contributed by atoms with van der Waals surface area (Å²) >= 11 is 0. The summed E-state index contributed by atoms with van der Waals surface area (Å²) in [6, 6.07) is 9.29. The van der Waals surface area contributed by atoms with Crippen molar-refractivity contribution in [3.8, 4) is 0 Å². The van der Waals surface area contributed by atoms with Crippen LogP contribution in [0.4, 0.5) is 0 Å². The van der Waals surface area contributed by atoms with Crippen LogP contribution in [0.1, 0.15) is 43.7 Å². The van der Waals surface area contributed by atoms with Gasteiger partial charge in [-0.15, -0.1) is 0 Å². The maximum atomic E-state index is 12.2. The molecule has 0 aromatic heterocycles. The van der Waals surface area contributed by atoms with Gasteiger partial charge < -0.3 is 15.2 Å². The molecule has 1 aromatic carbocycles. The zero-order valence-corrected chi connectivity index (χ0v) is 12.7. The van der Waals surface area contributed by atoms with E-state index in [0.29, 0.717) is 18.8 Å². The molecule has 22 heavy (non-hydrogen) atoms. The average Bonchev–Trinajstić information content (AvgIpc) is 2.53. The Morgan fingerprint density at radius 3 is 2.55 bits per heavy atom. The van der Waals surface area contributed by atoms with Crippen molar-refractivity contribution in [1.82, 2.24) is 5.32 Å². The first-order chi connectivity index (χ1) is 10.6. The van der Waals surface area contributed by atoms with E-state index in [1.54, 1.807) is 0 Å². The second kappa shape index (κ2) is 8.54. The molecule has 0 spiro atoms. The quantitative estimate of drug-likeness (QED) is 0.811. The first-order valence-corrected chi connectivity index (χ1v) is 7.79. The van der Waals surface area contributed by atoms with Gasteiger partial charge in [0.2, 0.25) is 5.91 Å². The van der Waals surface area contributed by atoms with E-state index >= 15 is 0 Å². The van der Waals surface area contributed by atoms with Gasteiger partial charge in [0.05, 0.1) is 6.04 Å². The third-order valence-corrected chi connectivity index (χ3v) is 4.00. The number of carbonyl (C=O) groups excluding carboxylic acids is 1. The molecule has 1 aliphatic rings. The van der Waals surface area contributed by atoms with Crippen LogP contribution in [-0.2, 0) is 14.3 Å². The predicted molar refractivity (Wildman–Crippen MR) is 82.4 cm³/mol. The van der Waals surface area contributed by atoms with Crippen molar-refractivity contribution < 1.29 is 19.4 Å². The van der Waals surface area contributed by atoms with Gasteiger partial charge in [0, 0.05) is 26.1 Å². The van der Waals surface area contributed by atoms with Crippen LogP contribution >= 0.6 is 0 Å². The summed E-state index contributed by atoms with van der Waals surface area (Å²) in [7, 11) is 0. The molecular formula is C17H23NO4. The van der Waals surface area contributed by atoms with Gasteiger partial charge in [-0.3, -0.25) is 9.59 Å². The molecule has 1 heterocycles. The largest absolute Gasteiger partial charge is 0.481 e. The Labute approximate surface area is 130 Å². The minimum Gasteiger partial charge on any atom is -0.481 e. The molecule has 1 saturated heterocycles. The Balaban J connectivity index is 1.92. The van der Waals surface area contributed by atoms with Crippen LogP contribution in [0.3, 0.4) is 0 Å². The lowest BCUT2D eigenvalue weighted by Gasteiger charge is -2.23. The number of ether oxygens (including phenoxy) is 1. The third-order valence-electron chi connectivity index (χ3n) is 4.00. The number of benzene rings is 1. The topological polar surface area (TPSA) is 75.6 Å². The molecule has 120 valence electrons. The maximum absolute atomic E-state index is 12.2. The summed E-state index contributed by atoms with van der Waals surface area (Å²) in [5.74, 6) is -0.490. The van der Waals surface area contributed by atoms with Crippen molar-refractivity contribution in [2.75, 3.05) is 13.2 Å². The van der Waals surface area contributed by atoms with Gasteiger partial charge in [-0.25, -0.2) is 0 Å². The second-order valence-electron chi connectivity index (χ2n) is 5.72. The molecule has 0 saturated carbocycles. The monoisotopic (exact) mass is 305 g/mol. The maximum Gasteiger partial charge on any atom is 0.303 e. The molecule has 2 N–H and O–H groups in total. The highest BCUT2D eigenvalue weighted by atomic mass is 16.5. The fraction of sp³-hybridized carbons (Fsp3) is 0.529. The van der Waals surface area contributed by atoms with Gasteiger partial charge in [-0.2, -0.15) is 0 Å². The van der Waals surface area contributed by atoms with Crippen molar-refractivity contribution in [1.29, 1.82) is 0 Å². The number of hydrogen-bond donors (Lipinski definition) is 2. The van der Waals surface area contributed by atoms with E-state index in [2.05, 4.69) is 5.32 Å². The van der Waals surface area contributed by atoms with Gasteiger partial charge in [0.25, 0.3) is 0 Å². The van der Waals surface area contributed by atoms with E-state index in [4.69, 9.17) is 9.84 Å². The van der Waals surface area contributed by atoms with Crippen LogP contribution in [0.15, 0.2) is 30.3 Å². The minimum atomic E-state index is -0.848. The fourth-order valence-corrected chi connectivity index (χ4v) is 2.74. The molecule has 0 bridgehead atoms. The van der Waals surface area contributed by atoms with Gasteiger partial charge in [0.1, 0.15) is 0 Å². The lowest BCUT2D eigenvalue weighted by molar-refractivity contribution is -0.137. The summed E-state index contributed by atoms with van der Waals surface area (Å²) in [4.78, 5) is 23.1. The zero-order valence-electron chi connectivity index (χ0n) is 12.7. The molecular weight excluding hydrogens is 282 g/mol. The predicted octanol–water partition coefficient (Wildman–Crippen LogP) is 2.53. The Kier molecular flexibility index (Phi) is 6.40. The van der Waals surface area contributed by atoms with Crippen molar-refractivity contribution in [3.63, 3.8) is 0 Å². The molecule has 1 amide bonds. The molecule has 1 unspecified atom stereocenters. The third kappa shape index (κ3) is 5.48. The van der Waals surface area contributed by atoms with Crippen LogP contribution in [0.5, 0.6) is 0 Å². The van der Waals surface area contributed by atoms with Gasteiger partial charge in [-0.05, 0) is 30.7 Å². The fourth-order valence-electron chi connectivity index (χ4n) is 2.74. The van der Waals surface area contributed by atoms with Crippen LogP contribution in [0, 0.1) is 5.92 Å². The first-order valence-electron chi connectivity index (χ1n) is 7.79. The molecule has 0 radical (unpaired) electrons. The van der Waals surface area contributed by atoms with Crippen molar-refractivity contribution >= 4 is 11.9 Å². The highest BCUT2D eigenvalue weighted by Gasteiger charge is 2.20. The van der Waals surface area contributed by atoms with Gasteiger partial charge >= 0.3 is 5.97 Å². The van der Waals surface area contributed by atoms with Crippen LogP contribution in [0.2, 0.25) is 0 Å². The van der Waals surface area contributed by atoms with E-state index in [9.17, 15) is 9.59 Å². The van der Waals surface area contributed by atoms with E-state index in [1.165, 1.54) is 0 Å². The van der Waals surface area contributed by atoms with E-state index in [1.807, 2.05) is 30.3 Å². The summed E-state index contributed by atoms with van der Waals surface area (Å²) < 4.78 is 5.30. The summed E-state index contributed by atoms with van der Waals surface area (Å²) in [6.45, 7) is 1.44. The standard InChI is InChI=1S/C17H23NO4/c19-16(12-13-8-10-22-11-9-13)18-15(6-7-17(20)21)14-4-2-1-3-5-14/h1-5,13,15H,6-12H2,(H,18,19)(H,20,21). The number of aliphatic carboxylic acids is 1.